The van der Waals surface area contributed by atoms with Gasteiger partial charge in [-0.3, -0.25) is 0 Å². The number of hydrogen-bond acceptors (Lipinski definition) is 1. The van der Waals surface area contributed by atoms with Crippen molar-refractivity contribution in [3.63, 3.8) is 0 Å². The maximum absolute atomic E-state index is 6.05. The van der Waals surface area contributed by atoms with Crippen molar-refractivity contribution >= 4 is 17.2 Å². The molecule has 2 aromatic carbocycles. The van der Waals surface area contributed by atoms with Gasteiger partial charge in [-0.1, -0.05) is 60.1 Å². The topological polar surface area (TPSA) is 9.23 Å². The zero-order valence-corrected chi connectivity index (χ0v) is 11.3. The molecule has 0 spiro atoms. The van der Waals surface area contributed by atoms with Crippen LogP contribution in [0.25, 0.3) is 5.57 Å². The van der Waals surface area contributed by atoms with Crippen molar-refractivity contribution in [3.8, 4) is 0 Å². The lowest BCUT2D eigenvalue weighted by Gasteiger charge is -2.24. The second kappa shape index (κ2) is 5.60. The van der Waals surface area contributed by atoms with Gasteiger partial charge in [0.15, 0.2) is 0 Å². The molecule has 0 amide bonds. The van der Waals surface area contributed by atoms with E-state index in [1.54, 1.807) is 0 Å². The van der Waals surface area contributed by atoms with Gasteiger partial charge in [-0.05, 0) is 28.8 Å². The molecule has 0 N–H and O–H groups in total. The summed E-state index contributed by atoms with van der Waals surface area (Å²) in [6.45, 7) is 0.654. The standard InChI is InChI=1S/C17H15ClO/c18-16-8-4-7-15(11-16)17-12-14(9-10-19-17)13-5-2-1-3-6-13/h1-9,11,17H,10,12H2. The number of ether oxygens (including phenoxy) is 1. The molecule has 0 aromatic heterocycles. The minimum atomic E-state index is 0.0962. The summed E-state index contributed by atoms with van der Waals surface area (Å²) in [4.78, 5) is 0. The molecule has 96 valence electrons. The van der Waals surface area contributed by atoms with E-state index in [2.05, 4.69) is 36.4 Å². The number of hydrogen-bond donors (Lipinski definition) is 0. The molecule has 19 heavy (non-hydrogen) atoms. The summed E-state index contributed by atoms with van der Waals surface area (Å²) in [5, 5.41) is 0.761. The first-order valence-electron chi connectivity index (χ1n) is 6.44. The van der Waals surface area contributed by atoms with E-state index in [9.17, 15) is 0 Å². The van der Waals surface area contributed by atoms with Gasteiger partial charge in [0.1, 0.15) is 0 Å². The molecule has 1 atom stereocenters. The second-order valence-electron chi connectivity index (χ2n) is 4.68. The van der Waals surface area contributed by atoms with Gasteiger partial charge in [-0.2, -0.15) is 0 Å². The quantitative estimate of drug-likeness (QED) is 0.755. The van der Waals surface area contributed by atoms with E-state index in [0.29, 0.717) is 6.61 Å². The first-order valence-corrected chi connectivity index (χ1v) is 6.82. The van der Waals surface area contributed by atoms with E-state index in [1.807, 2.05) is 24.3 Å². The van der Waals surface area contributed by atoms with Crippen LogP contribution in [0.15, 0.2) is 60.7 Å². The first-order chi connectivity index (χ1) is 9.33. The average Bonchev–Trinajstić information content (AvgIpc) is 2.48. The molecule has 2 aromatic rings. The second-order valence-corrected chi connectivity index (χ2v) is 5.11. The third kappa shape index (κ3) is 2.89. The summed E-state index contributed by atoms with van der Waals surface area (Å²) in [6, 6.07) is 18.4. The number of benzene rings is 2. The van der Waals surface area contributed by atoms with Gasteiger partial charge < -0.3 is 4.74 Å². The van der Waals surface area contributed by atoms with Crippen molar-refractivity contribution in [2.75, 3.05) is 6.61 Å². The number of rotatable bonds is 2. The Morgan fingerprint density at radius 2 is 1.84 bits per heavy atom. The summed E-state index contributed by atoms with van der Waals surface area (Å²) in [5.74, 6) is 0. The van der Waals surface area contributed by atoms with Crippen molar-refractivity contribution in [3.05, 3.63) is 76.8 Å². The molecule has 0 saturated heterocycles. The molecule has 0 bridgehead atoms. The van der Waals surface area contributed by atoms with Gasteiger partial charge in [0.2, 0.25) is 0 Å². The zero-order chi connectivity index (χ0) is 13.1. The Hall–Kier alpha value is -1.57. The van der Waals surface area contributed by atoms with E-state index >= 15 is 0 Å². The Morgan fingerprint density at radius 1 is 1.00 bits per heavy atom. The van der Waals surface area contributed by atoms with Gasteiger partial charge in [-0.25, -0.2) is 0 Å². The van der Waals surface area contributed by atoms with E-state index in [4.69, 9.17) is 16.3 Å². The van der Waals surface area contributed by atoms with Crippen molar-refractivity contribution in [2.24, 2.45) is 0 Å². The highest BCUT2D eigenvalue weighted by Gasteiger charge is 2.18. The van der Waals surface area contributed by atoms with E-state index in [0.717, 1.165) is 17.0 Å². The fraction of sp³-hybridized carbons (Fsp3) is 0.176. The normalized spacial score (nSPS) is 19.0. The minimum Gasteiger partial charge on any atom is -0.369 e. The molecule has 1 nitrogen and oxygen atoms in total. The Kier molecular flexibility index (Phi) is 3.67. The number of halogens is 1. The molecule has 0 fully saturated rings. The van der Waals surface area contributed by atoms with Crippen molar-refractivity contribution in [1.29, 1.82) is 0 Å². The molecule has 1 heterocycles. The summed E-state index contributed by atoms with van der Waals surface area (Å²) in [7, 11) is 0. The molecular formula is C17H15ClO. The summed E-state index contributed by atoms with van der Waals surface area (Å²) in [5.41, 5.74) is 3.77. The van der Waals surface area contributed by atoms with Crippen LogP contribution in [-0.4, -0.2) is 6.61 Å². The zero-order valence-electron chi connectivity index (χ0n) is 10.6. The molecule has 3 rings (SSSR count). The van der Waals surface area contributed by atoms with Gasteiger partial charge in [0.05, 0.1) is 12.7 Å². The monoisotopic (exact) mass is 270 g/mol. The van der Waals surface area contributed by atoms with E-state index in [1.165, 1.54) is 11.1 Å². The summed E-state index contributed by atoms with van der Waals surface area (Å²) in [6.07, 6.45) is 3.15. The Bertz CT molecular complexity index is 589. The fourth-order valence-electron chi connectivity index (χ4n) is 2.42. The van der Waals surface area contributed by atoms with Crippen molar-refractivity contribution in [2.45, 2.75) is 12.5 Å². The molecule has 0 saturated carbocycles. The van der Waals surface area contributed by atoms with Gasteiger partial charge >= 0.3 is 0 Å². The van der Waals surface area contributed by atoms with Crippen molar-refractivity contribution in [1.82, 2.24) is 0 Å². The molecular weight excluding hydrogens is 256 g/mol. The largest absolute Gasteiger partial charge is 0.369 e. The van der Waals surface area contributed by atoms with Gasteiger partial charge in [-0.15, -0.1) is 0 Å². The predicted octanol–water partition coefficient (Wildman–Crippen LogP) is 4.89. The van der Waals surface area contributed by atoms with Crippen LogP contribution in [-0.2, 0) is 4.74 Å². The van der Waals surface area contributed by atoms with E-state index < -0.39 is 0 Å². The molecule has 1 aliphatic heterocycles. The van der Waals surface area contributed by atoms with Crippen LogP contribution in [0, 0.1) is 0 Å². The lowest BCUT2D eigenvalue weighted by Crippen LogP contribution is -2.11. The van der Waals surface area contributed by atoms with Crippen LogP contribution >= 0.6 is 11.6 Å². The Labute approximate surface area is 118 Å². The maximum Gasteiger partial charge on any atom is 0.0870 e. The van der Waals surface area contributed by atoms with Crippen LogP contribution in [0.5, 0.6) is 0 Å². The van der Waals surface area contributed by atoms with Gasteiger partial charge in [0.25, 0.3) is 0 Å². The van der Waals surface area contributed by atoms with Crippen LogP contribution < -0.4 is 0 Å². The predicted molar refractivity (Wildman–Crippen MR) is 79.2 cm³/mol. The highest BCUT2D eigenvalue weighted by molar-refractivity contribution is 6.30. The Morgan fingerprint density at radius 3 is 2.63 bits per heavy atom. The highest BCUT2D eigenvalue weighted by atomic mass is 35.5. The molecule has 0 aliphatic carbocycles. The maximum atomic E-state index is 6.05. The third-order valence-corrected chi connectivity index (χ3v) is 3.63. The minimum absolute atomic E-state index is 0.0962. The molecule has 0 radical (unpaired) electrons. The Balaban J connectivity index is 1.83. The third-order valence-electron chi connectivity index (χ3n) is 3.40. The summed E-state index contributed by atoms with van der Waals surface area (Å²) >= 11 is 6.05. The van der Waals surface area contributed by atoms with Crippen LogP contribution in [0.1, 0.15) is 23.7 Å². The summed E-state index contributed by atoms with van der Waals surface area (Å²) < 4.78 is 5.84. The molecule has 2 heteroatoms. The van der Waals surface area contributed by atoms with Crippen molar-refractivity contribution < 1.29 is 4.74 Å². The molecule has 1 unspecified atom stereocenters. The molecule has 1 aliphatic rings. The lowest BCUT2D eigenvalue weighted by atomic mass is 9.94. The van der Waals surface area contributed by atoms with Gasteiger partial charge in [0, 0.05) is 11.4 Å². The highest BCUT2D eigenvalue weighted by Crippen LogP contribution is 2.34. The average molecular weight is 271 g/mol. The smallest absolute Gasteiger partial charge is 0.0870 e. The fourth-order valence-corrected chi connectivity index (χ4v) is 2.61. The lowest BCUT2D eigenvalue weighted by molar-refractivity contribution is 0.0708. The van der Waals surface area contributed by atoms with Crippen LogP contribution in [0.3, 0.4) is 0 Å². The van der Waals surface area contributed by atoms with E-state index in [-0.39, 0.29) is 6.10 Å². The van der Waals surface area contributed by atoms with Crippen LogP contribution in [0.2, 0.25) is 5.02 Å². The first kappa shape index (κ1) is 12.5. The van der Waals surface area contributed by atoms with Crippen LogP contribution in [0.4, 0.5) is 0 Å². The SMILES string of the molecule is Clc1cccc(C2CC(c3ccccc3)=CCO2)c1.